The summed E-state index contributed by atoms with van der Waals surface area (Å²) in [5.41, 5.74) is 0. The number of pyridine rings is 1. The van der Waals surface area contributed by atoms with Crippen molar-refractivity contribution in [3.8, 4) is 0 Å². The monoisotopic (exact) mass is 239 g/mol. The van der Waals surface area contributed by atoms with Gasteiger partial charge in [0, 0.05) is 6.54 Å². The highest BCUT2D eigenvalue weighted by molar-refractivity contribution is 5.83. The predicted molar refractivity (Wildman–Crippen MR) is 65.1 cm³/mol. The Morgan fingerprint density at radius 2 is 2.12 bits per heavy atom. The molecule has 0 spiro atoms. The van der Waals surface area contributed by atoms with E-state index in [2.05, 4.69) is 15.6 Å². The Morgan fingerprint density at radius 1 is 1.41 bits per heavy atom. The average molecular weight is 239 g/mol. The van der Waals surface area contributed by atoms with E-state index in [0.29, 0.717) is 18.3 Å². The first-order valence-electron chi connectivity index (χ1n) is 5.66. The van der Waals surface area contributed by atoms with Gasteiger partial charge in [0.25, 0.3) is 0 Å². The summed E-state index contributed by atoms with van der Waals surface area (Å²) >= 11 is 0. The lowest BCUT2D eigenvalue weighted by Crippen LogP contribution is -2.39. The standard InChI is InChI=1S/C12H18FN3O/c1-8(2)7-14-12(17)9(3)15-11-6-4-5-10(13)16-11/h4-6,8-9H,7H2,1-3H3,(H,14,17)(H,15,16). The maximum Gasteiger partial charge on any atom is 0.242 e. The lowest BCUT2D eigenvalue weighted by Gasteiger charge is -2.15. The van der Waals surface area contributed by atoms with Crippen LogP contribution in [0.4, 0.5) is 10.2 Å². The number of hydrogen-bond donors (Lipinski definition) is 2. The number of amides is 1. The van der Waals surface area contributed by atoms with E-state index in [9.17, 15) is 9.18 Å². The van der Waals surface area contributed by atoms with Crippen LogP contribution in [0.3, 0.4) is 0 Å². The molecule has 0 bridgehead atoms. The van der Waals surface area contributed by atoms with Gasteiger partial charge in [0.15, 0.2) is 0 Å². The number of carbonyl (C=O) groups is 1. The first-order chi connectivity index (χ1) is 7.99. The minimum absolute atomic E-state index is 0.121. The van der Waals surface area contributed by atoms with Crippen LogP contribution in [0, 0.1) is 11.9 Å². The van der Waals surface area contributed by atoms with Gasteiger partial charge in [-0.25, -0.2) is 4.98 Å². The number of aromatic nitrogens is 1. The zero-order valence-electron chi connectivity index (χ0n) is 10.3. The third kappa shape index (κ3) is 4.80. The van der Waals surface area contributed by atoms with Crippen molar-refractivity contribution in [2.75, 3.05) is 11.9 Å². The summed E-state index contributed by atoms with van der Waals surface area (Å²) in [6, 6.07) is 3.98. The van der Waals surface area contributed by atoms with Crippen molar-refractivity contribution in [2.24, 2.45) is 5.92 Å². The van der Waals surface area contributed by atoms with E-state index in [0.717, 1.165) is 0 Å². The van der Waals surface area contributed by atoms with Gasteiger partial charge in [-0.15, -0.1) is 0 Å². The van der Waals surface area contributed by atoms with Crippen molar-refractivity contribution >= 4 is 11.7 Å². The molecule has 1 aromatic heterocycles. The van der Waals surface area contributed by atoms with Gasteiger partial charge in [-0.05, 0) is 25.0 Å². The molecule has 2 N–H and O–H groups in total. The fraction of sp³-hybridized carbons (Fsp3) is 0.500. The molecular weight excluding hydrogens is 221 g/mol. The number of halogens is 1. The molecule has 1 rings (SSSR count). The van der Waals surface area contributed by atoms with E-state index in [4.69, 9.17) is 0 Å². The molecule has 0 radical (unpaired) electrons. The topological polar surface area (TPSA) is 54.0 Å². The molecule has 5 heteroatoms. The van der Waals surface area contributed by atoms with Crippen LogP contribution in [0.25, 0.3) is 0 Å². The van der Waals surface area contributed by atoms with Crippen molar-refractivity contribution < 1.29 is 9.18 Å². The van der Waals surface area contributed by atoms with Gasteiger partial charge in [0.1, 0.15) is 11.9 Å². The lowest BCUT2D eigenvalue weighted by molar-refractivity contribution is -0.121. The van der Waals surface area contributed by atoms with E-state index in [-0.39, 0.29) is 5.91 Å². The Balaban J connectivity index is 2.48. The maximum atomic E-state index is 12.8. The molecule has 1 aromatic rings. The molecule has 17 heavy (non-hydrogen) atoms. The van der Waals surface area contributed by atoms with Gasteiger partial charge in [0.05, 0.1) is 0 Å². The van der Waals surface area contributed by atoms with E-state index in [1.165, 1.54) is 6.07 Å². The summed E-state index contributed by atoms with van der Waals surface area (Å²) in [6.45, 7) is 6.38. The Bertz CT molecular complexity index is 382. The summed E-state index contributed by atoms with van der Waals surface area (Å²) < 4.78 is 12.8. The molecule has 0 saturated heterocycles. The number of anilines is 1. The molecule has 0 fully saturated rings. The lowest BCUT2D eigenvalue weighted by atomic mass is 10.2. The summed E-state index contributed by atoms with van der Waals surface area (Å²) in [6.07, 6.45) is 0. The molecule has 0 saturated carbocycles. The molecule has 1 heterocycles. The molecule has 0 aliphatic rings. The highest BCUT2D eigenvalue weighted by Crippen LogP contribution is 2.05. The van der Waals surface area contributed by atoms with Crippen LogP contribution < -0.4 is 10.6 Å². The Kier molecular flexibility index (Phi) is 4.87. The predicted octanol–water partition coefficient (Wildman–Crippen LogP) is 1.79. The van der Waals surface area contributed by atoms with Gasteiger partial charge in [0.2, 0.25) is 11.9 Å². The van der Waals surface area contributed by atoms with E-state index >= 15 is 0 Å². The first kappa shape index (κ1) is 13.4. The number of nitrogens with one attached hydrogen (secondary N) is 2. The molecule has 1 atom stereocenters. The molecule has 1 amide bonds. The van der Waals surface area contributed by atoms with Crippen LogP contribution in [-0.2, 0) is 4.79 Å². The Labute approximate surface area is 101 Å². The minimum atomic E-state index is -0.565. The van der Waals surface area contributed by atoms with Gasteiger partial charge in [-0.2, -0.15) is 4.39 Å². The minimum Gasteiger partial charge on any atom is -0.359 e. The highest BCUT2D eigenvalue weighted by Gasteiger charge is 2.13. The third-order valence-electron chi connectivity index (χ3n) is 2.16. The zero-order chi connectivity index (χ0) is 12.8. The van der Waals surface area contributed by atoms with Crippen molar-refractivity contribution in [2.45, 2.75) is 26.8 Å². The van der Waals surface area contributed by atoms with Gasteiger partial charge in [-0.1, -0.05) is 19.9 Å². The molecule has 0 aliphatic heterocycles. The fourth-order valence-electron chi connectivity index (χ4n) is 1.23. The second-order valence-corrected chi connectivity index (χ2v) is 4.35. The highest BCUT2D eigenvalue weighted by atomic mass is 19.1. The van der Waals surface area contributed by atoms with Crippen LogP contribution in [0.5, 0.6) is 0 Å². The van der Waals surface area contributed by atoms with Gasteiger partial charge >= 0.3 is 0 Å². The molecular formula is C12H18FN3O. The average Bonchev–Trinajstić information content (AvgIpc) is 2.25. The van der Waals surface area contributed by atoms with Crippen LogP contribution in [0.2, 0.25) is 0 Å². The summed E-state index contributed by atoms with van der Waals surface area (Å²) in [7, 11) is 0. The van der Waals surface area contributed by atoms with Crippen LogP contribution in [-0.4, -0.2) is 23.5 Å². The quantitative estimate of drug-likeness (QED) is 0.770. The SMILES string of the molecule is CC(C)CNC(=O)C(C)Nc1cccc(F)n1. The van der Waals surface area contributed by atoms with Crippen LogP contribution >= 0.6 is 0 Å². The van der Waals surface area contributed by atoms with E-state index in [1.807, 2.05) is 13.8 Å². The van der Waals surface area contributed by atoms with Crippen molar-refractivity contribution in [3.05, 3.63) is 24.1 Å². The molecule has 0 aromatic carbocycles. The van der Waals surface area contributed by atoms with Crippen molar-refractivity contribution in [1.29, 1.82) is 0 Å². The zero-order valence-corrected chi connectivity index (χ0v) is 10.3. The molecule has 4 nitrogen and oxygen atoms in total. The summed E-state index contributed by atoms with van der Waals surface area (Å²) in [5.74, 6) is 0.0743. The second-order valence-electron chi connectivity index (χ2n) is 4.35. The number of hydrogen-bond acceptors (Lipinski definition) is 3. The van der Waals surface area contributed by atoms with Crippen molar-refractivity contribution in [1.82, 2.24) is 10.3 Å². The maximum absolute atomic E-state index is 12.8. The molecule has 94 valence electrons. The second kappa shape index (κ2) is 6.18. The smallest absolute Gasteiger partial charge is 0.242 e. The summed E-state index contributed by atoms with van der Waals surface area (Å²) in [5, 5.41) is 5.64. The Hall–Kier alpha value is -1.65. The van der Waals surface area contributed by atoms with Crippen molar-refractivity contribution in [3.63, 3.8) is 0 Å². The number of carbonyl (C=O) groups excluding carboxylic acids is 1. The van der Waals surface area contributed by atoms with Crippen LogP contribution in [0.15, 0.2) is 18.2 Å². The third-order valence-corrected chi connectivity index (χ3v) is 2.16. The van der Waals surface area contributed by atoms with Gasteiger partial charge < -0.3 is 10.6 Å². The van der Waals surface area contributed by atoms with E-state index < -0.39 is 12.0 Å². The van der Waals surface area contributed by atoms with E-state index in [1.54, 1.807) is 19.1 Å². The van der Waals surface area contributed by atoms with Gasteiger partial charge in [-0.3, -0.25) is 4.79 Å². The fourth-order valence-corrected chi connectivity index (χ4v) is 1.23. The number of nitrogens with zero attached hydrogens (tertiary/aromatic N) is 1. The molecule has 0 aliphatic carbocycles. The summed E-state index contributed by atoms with van der Waals surface area (Å²) in [4.78, 5) is 15.3. The first-order valence-corrected chi connectivity index (χ1v) is 5.66. The number of rotatable bonds is 5. The molecule has 1 unspecified atom stereocenters. The normalized spacial score (nSPS) is 12.3. The largest absolute Gasteiger partial charge is 0.359 e. The van der Waals surface area contributed by atoms with Crippen LogP contribution in [0.1, 0.15) is 20.8 Å². The Morgan fingerprint density at radius 3 is 2.71 bits per heavy atom.